The van der Waals surface area contributed by atoms with Crippen molar-refractivity contribution in [2.24, 2.45) is 0 Å². The Balaban J connectivity index is 2.65. The van der Waals surface area contributed by atoms with E-state index in [4.69, 9.17) is 14.4 Å². The van der Waals surface area contributed by atoms with E-state index in [1.165, 1.54) is 13.2 Å². The Morgan fingerprint density at radius 1 is 1.30 bits per heavy atom. The quantitative estimate of drug-likeness (QED) is 0.284. The second kappa shape index (κ2) is 9.24. The van der Waals surface area contributed by atoms with Gasteiger partial charge >= 0.3 is 5.69 Å². The maximum absolute atomic E-state index is 10.9. The van der Waals surface area contributed by atoms with E-state index in [2.05, 4.69) is 4.89 Å². The van der Waals surface area contributed by atoms with Gasteiger partial charge in [-0.25, -0.2) is 9.78 Å². The molecule has 7 nitrogen and oxygen atoms in total. The predicted octanol–water partition coefficient (Wildman–Crippen LogP) is 2.48. The Hall–Kier alpha value is -1.70. The summed E-state index contributed by atoms with van der Waals surface area (Å²) in [4.78, 5) is 19.7. The fourth-order valence-corrected chi connectivity index (χ4v) is 1.53. The number of nitrogens with zero attached hydrogens (tertiary/aromatic N) is 1. The third-order valence-corrected chi connectivity index (χ3v) is 2.46. The van der Waals surface area contributed by atoms with Crippen LogP contribution in [0.2, 0.25) is 0 Å². The second-order valence-corrected chi connectivity index (χ2v) is 3.89. The number of ether oxygens (including phenoxy) is 2. The molecule has 0 aliphatic rings. The zero-order valence-corrected chi connectivity index (χ0v) is 11.7. The van der Waals surface area contributed by atoms with Crippen LogP contribution < -0.4 is 4.74 Å². The zero-order chi connectivity index (χ0) is 14.8. The summed E-state index contributed by atoms with van der Waals surface area (Å²) < 4.78 is 10.6. The number of nitro groups is 1. The average molecular weight is 285 g/mol. The Bertz CT molecular complexity index is 423. The topological polar surface area (TPSA) is 80.1 Å². The van der Waals surface area contributed by atoms with Gasteiger partial charge in [-0.2, -0.15) is 0 Å². The summed E-state index contributed by atoms with van der Waals surface area (Å²) in [6.07, 6.45) is 0.670. The molecule has 1 aromatic rings. The minimum atomic E-state index is -0.473. The van der Waals surface area contributed by atoms with Crippen LogP contribution in [0.1, 0.15) is 18.9 Å². The first-order chi connectivity index (χ1) is 9.69. The van der Waals surface area contributed by atoms with E-state index in [1.54, 1.807) is 12.1 Å². The van der Waals surface area contributed by atoms with Gasteiger partial charge in [0, 0.05) is 25.7 Å². The van der Waals surface area contributed by atoms with Crippen molar-refractivity contribution >= 4 is 5.69 Å². The smallest absolute Gasteiger partial charge is 0.310 e. The largest absolute Gasteiger partial charge is 0.487 e. The molecular formula is C13H19NO6. The van der Waals surface area contributed by atoms with Crippen LogP contribution in [-0.4, -0.2) is 31.9 Å². The molecule has 1 aromatic carbocycles. The van der Waals surface area contributed by atoms with E-state index >= 15 is 0 Å². The minimum Gasteiger partial charge on any atom is -0.487 e. The van der Waals surface area contributed by atoms with Crippen LogP contribution in [0.15, 0.2) is 18.2 Å². The SMILES string of the molecule is CCOCCCOc1cc(COOC)ccc1[N+](=O)[O-]. The number of benzene rings is 1. The van der Waals surface area contributed by atoms with E-state index in [-0.39, 0.29) is 18.0 Å². The maximum Gasteiger partial charge on any atom is 0.310 e. The summed E-state index contributed by atoms with van der Waals surface area (Å²) in [7, 11) is 1.40. The number of hydrogen-bond donors (Lipinski definition) is 0. The standard InChI is InChI=1S/C13H19NO6/c1-3-18-7-4-8-19-13-9-11(10-20-17-2)5-6-12(13)14(15)16/h5-6,9H,3-4,7-8,10H2,1-2H3. The van der Waals surface area contributed by atoms with Gasteiger partial charge in [0.25, 0.3) is 0 Å². The van der Waals surface area contributed by atoms with Gasteiger partial charge in [0.1, 0.15) is 6.61 Å². The highest BCUT2D eigenvalue weighted by molar-refractivity contribution is 5.48. The molecule has 0 spiro atoms. The minimum absolute atomic E-state index is 0.0671. The van der Waals surface area contributed by atoms with Crippen molar-refractivity contribution in [2.75, 3.05) is 26.9 Å². The summed E-state index contributed by atoms with van der Waals surface area (Å²) >= 11 is 0. The monoisotopic (exact) mass is 285 g/mol. The molecule has 1 rings (SSSR count). The highest BCUT2D eigenvalue weighted by Gasteiger charge is 2.15. The molecule has 0 radical (unpaired) electrons. The second-order valence-electron chi connectivity index (χ2n) is 3.89. The highest BCUT2D eigenvalue weighted by Crippen LogP contribution is 2.28. The molecule has 0 saturated carbocycles. The molecular weight excluding hydrogens is 266 g/mol. The number of hydrogen-bond acceptors (Lipinski definition) is 6. The van der Waals surface area contributed by atoms with Crippen molar-refractivity contribution in [3.05, 3.63) is 33.9 Å². The van der Waals surface area contributed by atoms with E-state index in [0.29, 0.717) is 26.2 Å². The fraction of sp³-hybridized carbons (Fsp3) is 0.538. The van der Waals surface area contributed by atoms with Gasteiger partial charge in [-0.15, -0.1) is 0 Å². The van der Waals surface area contributed by atoms with Crippen LogP contribution in [0.5, 0.6) is 5.75 Å². The number of rotatable bonds is 10. The van der Waals surface area contributed by atoms with Crippen molar-refractivity contribution in [3.8, 4) is 5.75 Å². The summed E-state index contributed by atoms with van der Waals surface area (Å²) in [5.74, 6) is 0.226. The summed E-state index contributed by atoms with van der Waals surface area (Å²) in [5.41, 5.74) is 0.667. The molecule has 0 bridgehead atoms. The van der Waals surface area contributed by atoms with E-state index in [9.17, 15) is 10.1 Å². The lowest BCUT2D eigenvalue weighted by Gasteiger charge is -2.08. The molecule has 0 atom stereocenters. The van der Waals surface area contributed by atoms with Crippen LogP contribution >= 0.6 is 0 Å². The normalized spacial score (nSPS) is 10.5. The molecule has 20 heavy (non-hydrogen) atoms. The predicted molar refractivity (Wildman–Crippen MR) is 71.5 cm³/mol. The average Bonchev–Trinajstić information content (AvgIpc) is 2.44. The fourth-order valence-electron chi connectivity index (χ4n) is 1.53. The van der Waals surface area contributed by atoms with Crippen LogP contribution in [-0.2, 0) is 21.1 Å². The lowest BCUT2D eigenvalue weighted by molar-refractivity contribution is -0.385. The van der Waals surface area contributed by atoms with Gasteiger partial charge in [0.05, 0.1) is 18.6 Å². The Morgan fingerprint density at radius 2 is 2.10 bits per heavy atom. The van der Waals surface area contributed by atoms with Gasteiger partial charge in [-0.1, -0.05) is 0 Å². The third kappa shape index (κ3) is 5.52. The summed E-state index contributed by atoms with van der Waals surface area (Å²) in [5, 5.41) is 10.9. The van der Waals surface area contributed by atoms with Crippen LogP contribution in [0, 0.1) is 10.1 Å². The molecule has 0 aliphatic heterocycles. The lowest BCUT2D eigenvalue weighted by atomic mass is 10.2. The summed E-state index contributed by atoms with van der Waals surface area (Å²) in [6, 6.07) is 4.58. The molecule has 112 valence electrons. The third-order valence-electron chi connectivity index (χ3n) is 2.46. The van der Waals surface area contributed by atoms with Gasteiger partial charge in [-0.3, -0.25) is 10.1 Å². The van der Waals surface area contributed by atoms with E-state index < -0.39 is 4.92 Å². The summed E-state index contributed by atoms with van der Waals surface area (Å²) in [6.45, 7) is 3.67. The molecule has 0 N–H and O–H groups in total. The first-order valence-corrected chi connectivity index (χ1v) is 6.32. The van der Waals surface area contributed by atoms with E-state index in [0.717, 1.165) is 5.56 Å². The van der Waals surface area contributed by atoms with Crippen molar-refractivity contribution < 1.29 is 24.2 Å². The Kier molecular flexibility index (Phi) is 7.56. The zero-order valence-electron chi connectivity index (χ0n) is 11.7. The van der Waals surface area contributed by atoms with Gasteiger partial charge in [0.2, 0.25) is 0 Å². The van der Waals surface area contributed by atoms with Crippen LogP contribution in [0.25, 0.3) is 0 Å². The molecule has 7 heteroatoms. The first-order valence-electron chi connectivity index (χ1n) is 6.32. The molecule has 0 unspecified atom stereocenters. The highest BCUT2D eigenvalue weighted by atomic mass is 17.2. The van der Waals surface area contributed by atoms with Crippen LogP contribution in [0.3, 0.4) is 0 Å². The Labute approximate surface area is 117 Å². The maximum atomic E-state index is 10.9. The molecule has 0 amide bonds. The van der Waals surface area contributed by atoms with Gasteiger partial charge in [-0.05, 0) is 24.6 Å². The Morgan fingerprint density at radius 3 is 2.75 bits per heavy atom. The molecule has 0 aliphatic carbocycles. The van der Waals surface area contributed by atoms with Crippen LogP contribution in [0.4, 0.5) is 5.69 Å². The van der Waals surface area contributed by atoms with Gasteiger partial charge in [0.15, 0.2) is 5.75 Å². The molecule has 0 saturated heterocycles. The molecule has 0 heterocycles. The van der Waals surface area contributed by atoms with E-state index in [1.807, 2.05) is 6.92 Å². The van der Waals surface area contributed by atoms with Crippen molar-refractivity contribution in [1.29, 1.82) is 0 Å². The van der Waals surface area contributed by atoms with Crippen molar-refractivity contribution in [3.63, 3.8) is 0 Å². The number of nitro benzene ring substituents is 1. The molecule has 0 aromatic heterocycles. The van der Waals surface area contributed by atoms with Crippen molar-refractivity contribution in [2.45, 2.75) is 20.0 Å². The van der Waals surface area contributed by atoms with Crippen molar-refractivity contribution in [1.82, 2.24) is 0 Å². The lowest BCUT2D eigenvalue weighted by Crippen LogP contribution is -2.05. The first kappa shape index (κ1) is 16.4. The van der Waals surface area contributed by atoms with Gasteiger partial charge < -0.3 is 9.47 Å². The molecule has 0 fully saturated rings.